The summed E-state index contributed by atoms with van der Waals surface area (Å²) in [4.78, 5) is 18.4. The number of carbonyl (C=O) groups excluding carboxylic acids is 1. The second-order valence-corrected chi connectivity index (χ2v) is 8.82. The van der Waals surface area contributed by atoms with Gasteiger partial charge in [0.2, 0.25) is 0 Å². The van der Waals surface area contributed by atoms with Crippen LogP contribution in [-0.2, 0) is 4.79 Å². The van der Waals surface area contributed by atoms with Gasteiger partial charge < -0.3 is 20.3 Å². The molecule has 1 heterocycles. The Bertz CT molecular complexity index is 680. The Kier molecular flexibility index (Phi) is 7.89. The van der Waals surface area contributed by atoms with Gasteiger partial charge in [0, 0.05) is 31.4 Å². The molecular weight excluding hydrogens is 372 g/mol. The summed E-state index contributed by atoms with van der Waals surface area (Å²) in [5, 5.41) is 7.75. The number of anilines is 1. The Labute approximate surface area is 172 Å². The number of carbonyl (C=O) groups is 1. The molecular formula is C21H32N4O2S. The normalized spacial score (nSPS) is 22.4. The quantitative estimate of drug-likeness (QED) is 0.415. The summed E-state index contributed by atoms with van der Waals surface area (Å²) in [5.74, 6) is 2.85. The zero-order valence-electron chi connectivity index (χ0n) is 16.9. The summed E-state index contributed by atoms with van der Waals surface area (Å²) in [5.41, 5.74) is 0.864. The van der Waals surface area contributed by atoms with E-state index in [1.807, 2.05) is 36.2 Å². The lowest BCUT2D eigenvalue weighted by atomic mass is 9.95. The van der Waals surface area contributed by atoms with Crippen molar-refractivity contribution in [1.82, 2.24) is 10.6 Å². The number of fused-ring (bicyclic) bond motifs is 1. The standard InChI is InChI=1S/C21H32N4O2S/c1-3-28-17-9-6-8-16(14-17)24-21(22-2)23-12-7-13-25-18-10-4-5-11-19(18)27-15-20(25)26/h4-5,10-11,16-17H,3,6-9,12-15H2,1-2H3,(H2,22,23,24). The summed E-state index contributed by atoms with van der Waals surface area (Å²) in [6, 6.07) is 8.21. The fourth-order valence-electron chi connectivity index (χ4n) is 3.89. The van der Waals surface area contributed by atoms with E-state index in [0.29, 0.717) is 12.6 Å². The van der Waals surface area contributed by atoms with Gasteiger partial charge in [-0.2, -0.15) is 11.8 Å². The van der Waals surface area contributed by atoms with Crippen molar-refractivity contribution in [2.24, 2.45) is 4.99 Å². The molecule has 1 aliphatic heterocycles. The average Bonchev–Trinajstić information content (AvgIpc) is 2.72. The van der Waals surface area contributed by atoms with Crippen LogP contribution in [0.15, 0.2) is 29.3 Å². The van der Waals surface area contributed by atoms with E-state index < -0.39 is 0 Å². The van der Waals surface area contributed by atoms with E-state index in [-0.39, 0.29) is 12.5 Å². The lowest BCUT2D eigenvalue weighted by Crippen LogP contribution is -2.46. The van der Waals surface area contributed by atoms with Gasteiger partial charge in [0.25, 0.3) is 5.91 Å². The molecule has 1 amide bonds. The molecule has 6 nitrogen and oxygen atoms in total. The highest BCUT2D eigenvalue weighted by Crippen LogP contribution is 2.31. The minimum Gasteiger partial charge on any atom is -0.482 e. The monoisotopic (exact) mass is 404 g/mol. The lowest BCUT2D eigenvalue weighted by molar-refractivity contribution is -0.121. The molecule has 28 heavy (non-hydrogen) atoms. The number of para-hydroxylation sites is 2. The maximum Gasteiger partial charge on any atom is 0.265 e. The number of rotatable bonds is 7. The number of amides is 1. The molecule has 1 aromatic carbocycles. The molecule has 1 saturated carbocycles. The van der Waals surface area contributed by atoms with E-state index in [1.54, 1.807) is 0 Å². The number of nitrogens with zero attached hydrogens (tertiary/aromatic N) is 2. The summed E-state index contributed by atoms with van der Waals surface area (Å²) in [6.07, 6.45) is 5.88. The van der Waals surface area contributed by atoms with Gasteiger partial charge in [-0.25, -0.2) is 0 Å². The van der Waals surface area contributed by atoms with Crippen molar-refractivity contribution in [3.05, 3.63) is 24.3 Å². The number of guanidine groups is 1. The molecule has 1 fully saturated rings. The van der Waals surface area contributed by atoms with Crippen molar-refractivity contribution in [2.75, 3.05) is 37.4 Å². The third kappa shape index (κ3) is 5.56. The largest absolute Gasteiger partial charge is 0.482 e. The molecule has 0 radical (unpaired) electrons. The Morgan fingerprint density at radius 1 is 1.36 bits per heavy atom. The van der Waals surface area contributed by atoms with Gasteiger partial charge in [-0.3, -0.25) is 9.79 Å². The molecule has 0 saturated heterocycles. The van der Waals surface area contributed by atoms with Crippen LogP contribution in [0.2, 0.25) is 0 Å². The molecule has 0 spiro atoms. The van der Waals surface area contributed by atoms with Crippen LogP contribution in [-0.4, -0.2) is 55.7 Å². The van der Waals surface area contributed by atoms with Gasteiger partial charge in [-0.05, 0) is 43.6 Å². The maximum atomic E-state index is 12.2. The van der Waals surface area contributed by atoms with E-state index in [4.69, 9.17) is 4.74 Å². The van der Waals surface area contributed by atoms with Crippen LogP contribution in [0.5, 0.6) is 5.75 Å². The van der Waals surface area contributed by atoms with Crippen LogP contribution in [0.25, 0.3) is 0 Å². The highest BCUT2D eigenvalue weighted by Gasteiger charge is 2.25. The van der Waals surface area contributed by atoms with E-state index >= 15 is 0 Å². The summed E-state index contributed by atoms with van der Waals surface area (Å²) in [6.45, 7) is 3.79. The Morgan fingerprint density at radius 2 is 2.21 bits per heavy atom. The van der Waals surface area contributed by atoms with Crippen LogP contribution < -0.4 is 20.3 Å². The zero-order valence-corrected chi connectivity index (χ0v) is 17.8. The molecule has 2 N–H and O–H groups in total. The fourth-order valence-corrected chi connectivity index (χ4v) is 5.07. The first-order chi connectivity index (χ1) is 13.7. The molecule has 7 heteroatoms. The minimum absolute atomic E-state index is 0.0166. The summed E-state index contributed by atoms with van der Waals surface area (Å²) in [7, 11) is 1.82. The van der Waals surface area contributed by atoms with Gasteiger partial charge in [-0.1, -0.05) is 25.5 Å². The van der Waals surface area contributed by atoms with Crippen LogP contribution in [0.4, 0.5) is 5.69 Å². The van der Waals surface area contributed by atoms with Gasteiger partial charge >= 0.3 is 0 Å². The van der Waals surface area contributed by atoms with Crippen molar-refractivity contribution < 1.29 is 9.53 Å². The van der Waals surface area contributed by atoms with Crippen LogP contribution >= 0.6 is 11.8 Å². The maximum absolute atomic E-state index is 12.2. The number of hydrogen-bond donors (Lipinski definition) is 2. The topological polar surface area (TPSA) is 66.0 Å². The Morgan fingerprint density at radius 3 is 3.04 bits per heavy atom. The fraction of sp³-hybridized carbons (Fsp3) is 0.619. The Balaban J connectivity index is 1.43. The number of ether oxygens (including phenoxy) is 1. The Hall–Kier alpha value is -1.89. The highest BCUT2D eigenvalue weighted by atomic mass is 32.2. The van der Waals surface area contributed by atoms with Crippen LogP contribution in [0.3, 0.4) is 0 Å². The number of benzene rings is 1. The van der Waals surface area contributed by atoms with Crippen molar-refractivity contribution in [1.29, 1.82) is 0 Å². The SMILES string of the molecule is CCSC1CCCC(NC(=NC)NCCCN2C(=O)COc3ccccc32)C1. The molecule has 154 valence electrons. The van der Waals surface area contributed by atoms with E-state index in [2.05, 4.69) is 34.3 Å². The van der Waals surface area contributed by atoms with Crippen molar-refractivity contribution in [3.8, 4) is 5.75 Å². The van der Waals surface area contributed by atoms with Crippen molar-refractivity contribution in [3.63, 3.8) is 0 Å². The van der Waals surface area contributed by atoms with Crippen LogP contribution in [0.1, 0.15) is 39.0 Å². The molecule has 2 aliphatic rings. The zero-order chi connectivity index (χ0) is 19.8. The highest BCUT2D eigenvalue weighted by molar-refractivity contribution is 7.99. The van der Waals surface area contributed by atoms with Gasteiger partial charge in [0.05, 0.1) is 5.69 Å². The predicted molar refractivity (Wildman–Crippen MR) is 118 cm³/mol. The number of nitrogens with one attached hydrogen (secondary N) is 2. The van der Waals surface area contributed by atoms with Gasteiger partial charge in [-0.15, -0.1) is 0 Å². The molecule has 0 bridgehead atoms. The molecule has 1 aliphatic carbocycles. The molecule has 2 atom stereocenters. The number of thioether (sulfide) groups is 1. The van der Waals surface area contributed by atoms with E-state index in [1.165, 1.54) is 31.4 Å². The van der Waals surface area contributed by atoms with Crippen molar-refractivity contribution in [2.45, 2.75) is 50.3 Å². The summed E-state index contributed by atoms with van der Waals surface area (Å²) < 4.78 is 5.50. The smallest absolute Gasteiger partial charge is 0.265 e. The number of hydrogen-bond acceptors (Lipinski definition) is 4. The predicted octanol–water partition coefficient (Wildman–Crippen LogP) is 3.03. The van der Waals surface area contributed by atoms with Crippen molar-refractivity contribution >= 4 is 29.3 Å². The van der Waals surface area contributed by atoms with Gasteiger partial charge in [0.1, 0.15) is 5.75 Å². The molecule has 2 unspecified atom stereocenters. The van der Waals surface area contributed by atoms with Gasteiger partial charge in [0.15, 0.2) is 12.6 Å². The first kappa shape index (κ1) is 20.8. The third-order valence-electron chi connectivity index (χ3n) is 5.25. The lowest BCUT2D eigenvalue weighted by Gasteiger charge is -2.31. The molecule has 0 aromatic heterocycles. The molecule has 1 aromatic rings. The van der Waals surface area contributed by atoms with Crippen LogP contribution in [0, 0.1) is 0 Å². The van der Waals surface area contributed by atoms with E-state index in [9.17, 15) is 4.79 Å². The second-order valence-electron chi connectivity index (χ2n) is 7.24. The first-order valence-corrected chi connectivity index (χ1v) is 11.4. The van der Waals surface area contributed by atoms with E-state index in [0.717, 1.165) is 35.6 Å². The summed E-state index contributed by atoms with van der Waals surface area (Å²) >= 11 is 2.07. The minimum atomic E-state index is 0.0166. The number of aliphatic imine (C=N–C) groups is 1. The average molecular weight is 405 g/mol. The first-order valence-electron chi connectivity index (χ1n) is 10.3. The third-order valence-corrected chi connectivity index (χ3v) is 6.48. The molecule has 3 rings (SSSR count). The second kappa shape index (κ2) is 10.6.